The van der Waals surface area contributed by atoms with Gasteiger partial charge in [-0.2, -0.15) is 0 Å². The van der Waals surface area contributed by atoms with Gasteiger partial charge < -0.3 is 15.4 Å². The molecule has 3 N–H and O–H groups in total. The number of nitrogen functional groups attached to an aromatic ring is 1. The molecular formula is C17H27N3O. The fourth-order valence-corrected chi connectivity index (χ4v) is 2.94. The number of imidazole rings is 1. The summed E-state index contributed by atoms with van der Waals surface area (Å²) in [5.41, 5.74) is 8.70. The van der Waals surface area contributed by atoms with E-state index in [4.69, 9.17) is 10.7 Å². The van der Waals surface area contributed by atoms with Gasteiger partial charge in [-0.15, -0.1) is 0 Å². The number of hydrogen-bond donors (Lipinski definition) is 2. The van der Waals surface area contributed by atoms with Crippen LogP contribution in [0.1, 0.15) is 58.8 Å². The normalized spacial score (nSPS) is 14.0. The van der Waals surface area contributed by atoms with Crippen LogP contribution in [0, 0.1) is 5.41 Å². The van der Waals surface area contributed by atoms with Crippen molar-refractivity contribution in [3.8, 4) is 0 Å². The molecule has 2 aromatic rings. The molecule has 21 heavy (non-hydrogen) atoms. The first kappa shape index (κ1) is 15.8. The third kappa shape index (κ3) is 3.05. The van der Waals surface area contributed by atoms with Crippen LogP contribution in [-0.2, 0) is 0 Å². The lowest BCUT2D eigenvalue weighted by molar-refractivity contribution is 0.177. The number of aliphatic hydroxyl groups excluding tert-OH is 1. The van der Waals surface area contributed by atoms with Gasteiger partial charge >= 0.3 is 0 Å². The van der Waals surface area contributed by atoms with E-state index in [1.165, 1.54) is 0 Å². The average molecular weight is 289 g/mol. The highest BCUT2D eigenvalue weighted by Crippen LogP contribution is 2.38. The maximum absolute atomic E-state index is 9.49. The molecule has 1 aromatic carbocycles. The van der Waals surface area contributed by atoms with Crippen LogP contribution in [0.2, 0.25) is 0 Å². The highest BCUT2D eigenvalue weighted by molar-refractivity contribution is 5.80. The van der Waals surface area contributed by atoms with Crippen molar-refractivity contribution < 1.29 is 5.11 Å². The third-order valence-electron chi connectivity index (χ3n) is 3.97. The first-order valence-corrected chi connectivity index (χ1v) is 7.64. The molecule has 0 spiro atoms. The van der Waals surface area contributed by atoms with E-state index in [1.807, 2.05) is 18.2 Å². The van der Waals surface area contributed by atoms with Crippen LogP contribution in [0.3, 0.4) is 0 Å². The summed E-state index contributed by atoms with van der Waals surface area (Å²) < 4.78 is 2.30. The lowest BCUT2D eigenvalue weighted by Gasteiger charge is -2.34. The minimum atomic E-state index is 0.0430. The SMILES string of the molecule is CC(C)c1nc2cc(N)ccc2n1C(CCO)C(C)(C)C. The third-order valence-corrected chi connectivity index (χ3v) is 3.97. The fraction of sp³-hybridized carbons (Fsp3) is 0.588. The van der Waals surface area contributed by atoms with Crippen molar-refractivity contribution in [1.29, 1.82) is 0 Å². The Morgan fingerprint density at radius 1 is 1.29 bits per heavy atom. The first-order valence-electron chi connectivity index (χ1n) is 7.64. The summed E-state index contributed by atoms with van der Waals surface area (Å²) in [5, 5.41) is 9.49. The summed E-state index contributed by atoms with van der Waals surface area (Å²) in [4.78, 5) is 4.79. The maximum atomic E-state index is 9.49. The molecule has 0 saturated heterocycles. The molecule has 1 unspecified atom stereocenters. The second-order valence-corrected chi connectivity index (χ2v) is 7.14. The van der Waals surface area contributed by atoms with Crippen LogP contribution < -0.4 is 5.73 Å². The molecule has 0 aliphatic carbocycles. The fourth-order valence-electron chi connectivity index (χ4n) is 2.94. The second-order valence-electron chi connectivity index (χ2n) is 7.14. The van der Waals surface area contributed by atoms with Gasteiger partial charge in [0.15, 0.2) is 0 Å². The van der Waals surface area contributed by atoms with Gasteiger partial charge in [0.2, 0.25) is 0 Å². The van der Waals surface area contributed by atoms with Crippen LogP contribution >= 0.6 is 0 Å². The minimum Gasteiger partial charge on any atom is -0.399 e. The summed E-state index contributed by atoms with van der Waals surface area (Å²) in [7, 11) is 0. The number of anilines is 1. The van der Waals surface area contributed by atoms with Crippen LogP contribution in [0.5, 0.6) is 0 Å². The van der Waals surface area contributed by atoms with Crippen molar-refractivity contribution in [1.82, 2.24) is 9.55 Å². The van der Waals surface area contributed by atoms with Crippen molar-refractivity contribution in [2.45, 2.75) is 53.0 Å². The van der Waals surface area contributed by atoms with Gasteiger partial charge in [0.1, 0.15) is 5.82 Å². The van der Waals surface area contributed by atoms with Gasteiger partial charge in [-0.1, -0.05) is 34.6 Å². The monoisotopic (exact) mass is 289 g/mol. The minimum absolute atomic E-state index is 0.0430. The summed E-state index contributed by atoms with van der Waals surface area (Å²) in [5.74, 6) is 1.38. The van der Waals surface area contributed by atoms with Crippen LogP contribution in [0.25, 0.3) is 11.0 Å². The van der Waals surface area contributed by atoms with E-state index in [-0.39, 0.29) is 18.1 Å². The number of rotatable bonds is 4. The van der Waals surface area contributed by atoms with Crippen LogP contribution in [0.4, 0.5) is 5.69 Å². The molecule has 0 fully saturated rings. The zero-order valence-electron chi connectivity index (χ0n) is 13.7. The van der Waals surface area contributed by atoms with E-state index in [1.54, 1.807) is 0 Å². The summed E-state index contributed by atoms with van der Waals surface area (Å²) >= 11 is 0. The summed E-state index contributed by atoms with van der Waals surface area (Å²) in [6, 6.07) is 6.09. The number of fused-ring (bicyclic) bond motifs is 1. The summed E-state index contributed by atoms with van der Waals surface area (Å²) in [6.07, 6.45) is 0.721. The number of hydrogen-bond acceptors (Lipinski definition) is 3. The Hall–Kier alpha value is -1.55. The van der Waals surface area contributed by atoms with E-state index in [0.29, 0.717) is 5.92 Å². The molecular weight excluding hydrogens is 262 g/mol. The molecule has 116 valence electrons. The zero-order chi connectivity index (χ0) is 15.8. The molecule has 0 radical (unpaired) electrons. The molecule has 1 atom stereocenters. The highest BCUT2D eigenvalue weighted by atomic mass is 16.3. The zero-order valence-corrected chi connectivity index (χ0v) is 13.7. The smallest absolute Gasteiger partial charge is 0.112 e. The molecule has 2 rings (SSSR count). The van der Waals surface area contributed by atoms with E-state index in [2.05, 4.69) is 39.2 Å². The van der Waals surface area contributed by atoms with E-state index in [0.717, 1.165) is 29.0 Å². The van der Waals surface area contributed by atoms with Crippen molar-refractivity contribution in [2.75, 3.05) is 12.3 Å². The van der Waals surface area contributed by atoms with Gasteiger partial charge in [-0.25, -0.2) is 4.98 Å². The molecule has 0 aliphatic rings. The average Bonchev–Trinajstić information content (AvgIpc) is 2.72. The molecule has 1 aromatic heterocycles. The van der Waals surface area contributed by atoms with Crippen molar-refractivity contribution in [3.05, 3.63) is 24.0 Å². The lowest BCUT2D eigenvalue weighted by atomic mass is 9.84. The van der Waals surface area contributed by atoms with Crippen LogP contribution in [0.15, 0.2) is 18.2 Å². The van der Waals surface area contributed by atoms with E-state index >= 15 is 0 Å². The number of aliphatic hydroxyl groups is 1. The number of aromatic nitrogens is 2. The molecule has 4 nitrogen and oxygen atoms in total. The Kier molecular flexibility index (Phi) is 4.28. The van der Waals surface area contributed by atoms with E-state index < -0.39 is 0 Å². The Morgan fingerprint density at radius 2 is 1.95 bits per heavy atom. The van der Waals surface area contributed by atoms with Gasteiger partial charge in [0.05, 0.1) is 11.0 Å². The topological polar surface area (TPSA) is 64.1 Å². The Morgan fingerprint density at radius 3 is 2.48 bits per heavy atom. The Balaban J connectivity index is 2.71. The van der Waals surface area contributed by atoms with Gasteiger partial charge in [-0.3, -0.25) is 0 Å². The van der Waals surface area contributed by atoms with Crippen molar-refractivity contribution >= 4 is 16.7 Å². The predicted octanol–water partition coefficient (Wildman–Crippen LogP) is 3.71. The molecule has 0 saturated carbocycles. The molecule has 4 heteroatoms. The second kappa shape index (κ2) is 5.68. The summed E-state index contributed by atoms with van der Waals surface area (Å²) in [6.45, 7) is 11.1. The quantitative estimate of drug-likeness (QED) is 0.843. The largest absolute Gasteiger partial charge is 0.399 e. The van der Waals surface area contributed by atoms with Gasteiger partial charge in [0.25, 0.3) is 0 Å². The van der Waals surface area contributed by atoms with Crippen molar-refractivity contribution in [2.24, 2.45) is 5.41 Å². The highest BCUT2D eigenvalue weighted by Gasteiger charge is 2.30. The number of nitrogens with zero attached hydrogens (tertiary/aromatic N) is 2. The van der Waals surface area contributed by atoms with E-state index in [9.17, 15) is 5.11 Å². The number of nitrogens with two attached hydrogens (primary N) is 1. The maximum Gasteiger partial charge on any atom is 0.112 e. The standard InChI is InChI=1S/C17H27N3O/c1-11(2)16-19-13-10-12(18)6-7-14(13)20(16)15(8-9-21)17(3,4)5/h6-7,10-11,15,21H,8-9,18H2,1-5H3. The molecule has 1 heterocycles. The van der Waals surface area contributed by atoms with Gasteiger partial charge in [0, 0.05) is 24.3 Å². The van der Waals surface area contributed by atoms with Crippen molar-refractivity contribution in [3.63, 3.8) is 0 Å². The lowest BCUT2D eigenvalue weighted by Crippen LogP contribution is -2.27. The Labute approximate surface area is 127 Å². The molecule has 0 bridgehead atoms. The van der Waals surface area contributed by atoms with Gasteiger partial charge in [-0.05, 0) is 30.0 Å². The Bertz CT molecular complexity index is 623. The number of benzene rings is 1. The first-order chi connectivity index (χ1) is 9.75. The predicted molar refractivity (Wildman–Crippen MR) is 88.4 cm³/mol. The van der Waals surface area contributed by atoms with Crippen LogP contribution in [-0.4, -0.2) is 21.3 Å². The molecule has 0 amide bonds. The molecule has 0 aliphatic heterocycles.